The highest BCUT2D eigenvalue weighted by Crippen LogP contribution is 2.31. The molecule has 166 valence electrons. The first-order valence-corrected chi connectivity index (χ1v) is 12.0. The molecule has 1 saturated carbocycles. The minimum atomic E-state index is -0.175. The minimum Gasteiger partial charge on any atom is -0.376 e. The molecule has 1 saturated heterocycles. The molecule has 2 aromatic rings. The zero-order chi connectivity index (χ0) is 21.8. The van der Waals surface area contributed by atoms with Crippen LogP contribution in [-0.4, -0.2) is 49.1 Å². The Morgan fingerprint density at radius 3 is 2.77 bits per heavy atom. The highest BCUT2D eigenvalue weighted by molar-refractivity contribution is 7.99. The second-order valence-electron chi connectivity index (χ2n) is 8.33. The van der Waals surface area contributed by atoms with Gasteiger partial charge in [0, 0.05) is 12.3 Å². The van der Waals surface area contributed by atoms with Crippen molar-refractivity contribution in [2.24, 2.45) is 0 Å². The van der Waals surface area contributed by atoms with Crippen molar-refractivity contribution in [1.29, 1.82) is 5.26 Å². The summed E-state index contributed by atoms with van der Waals surface area (Å²) < 4.78 is 9.66. The lowest BCUT2D eigenvalue weighted by Gasteiger charge is -2.22. The van der Waals surface area contributed by atoms with Crippen LogP contribution in [0.15, 0.2) is 5.16 Å². The molecule has 10 heteroatoms. The van der Waals surface area contributed by atoms with E-state index in [0.29, 0.717) is 29.1 Å². The maximum absolute atomic E-state index is 12.8. The molecule has 1 unspecified atom stereocenters. The second kappa shape index (κ2) is 9.83. The topological polar surface area (TPSA) is 111 Å². The smallest absolute Gasteiger partial charge is 0.235 e. The van der Waals surface area contributed by atoms with Crippen LogP contribution in [0.5, 0.6) is 0 Å². The third-order valence-corrected chi connectivity index (χ3v) is 7.26. The van der Waals surface area contributed by atoms with Crippen LogP contribution in [0.25, 0.3) is 0 Å². The monoisotopic (exact) mass is 443 g/mol. The van der Waals surface area contributed by atoms with Gasteiger partial charge in [-0.2, -0.15) is 5.26 Å². The number of rotatable bonds is 7. The van der Waals surface area contributed by atoms with Crippen LogP contribution in [-0.2, 0) is 16.1 Å². The van der Waals surface area contributed by atoms with E-state index in [1.165, 1.54) is 31.0 Å². The molecule has 0 aromatic carbocycles. The molecule has 1 aliphatic heterocycles. The number of tetrazole rings is 1. The molecule has 1 aliphatic carbocycles. The normalized spacial score (nSPS) is 19.5. The van der Waals surface area contributed by atoms with Gasteiger partial charge in [0.15, 0.2) is 0 Å². The maximum Gasteiger partial charge on any atom is 0.235 e. The van der Waals surface area contributed by atoms with Gasteiger partial charge in [-0.3, -0.25) is 4.79 Å². The van der Waals surface area contributed by atoms with E-state index < -0.39 is 0 Å². The van der Waals surface area contributed by atoms with Crippen LogP contribution in [0.1, 0.15) is 67.8 Å². The summed E-state index contributed by atoms with van der Waals surface area (Å²) in [6, 6.07) is 2.57. The third kappa shape index (κ3) is 4.77. The highest BCUT2D eigenvalue weighted by atomic mass is 32.2. The molecule has 31 heavy (non-hydrogen) atoms. The first-order valence-electron chi connectivity index (χ1n) is 11.0. The molecule has 1 N–H and O–H groups in total. The van der Waals surface area contributed by atoms with Crippen molar-refractivity contribution in [3.8, 4) is 6.07 Å². The molecule has 1 amide bonds. The zero-order valence-electron chi connectivity index (χ0n) is 18.1. The van der Waals surface area contributed by atoms with E-state index >= 15 is 0 Å². The fourth-order valence-corrected chi connectivity index (χ4v) is 5.23. The molecule has 2 aliphatic rings. The lowest BCUT2D eigenvalue weighted by atomic mass is 9.96. The van der Waals surface area contributed by atoms with Crippen LogP contribution in [0.2, 0.25) is 0 Å². The first kappa shape index (κ1) is 21.8. The van der Waals surface area contributed by atoms with Crippen molar-refractivity contribution in [3.63, 3.8) is 0 Å². The predicted molar refractivity (Wildman–Crippen MR) is 117 cm³/mol. The standard InChI is InChI=1S/C21H29N7O2S/c1-14-15(2)27(12-17-9-6-10-30-17)20(18(14)11-22)23-19(29)13-31-21-24-25-26-28(21)16-7-4-3-5-8-16/h16-17H,3-10,12-13H2,1-2H3,(H,23,29). The molecule has 9 nitrogen and oxygen atoms in total. The summed E-state index contributed by atoms with van der Waals surface area (Å²) in [5, 5.41) is 25.4. The fourth-order valence-electron chi connectivity index (χ4n) is 4.48. The summed E-state index contributed by atoms with van der Waals surface area (Å²) in [5.74, 6) is 0.567. The van der Waals surface area contributed by atoms with Gasteiger partial charge >= 0.3 is 0 Å². The Labute approximate surface area is 186 Å². The Kier molecular flexibility index (Phi) is 6.92. The van der Waals surface area contributed by atoms with Gasteiger partial charge in [-0.15, -0.1) is 5.10 Å². The van der Waals surface area contributed by atoms with Gasteiger partial charge < -0.3 is 14.6 Å². The molecular weight excluding hydrogens is 414 g/mol. The molecule has 2 fully saturated rings. The number of carbonyl (C=O) groups excluding carboxylic acids is 1. The van der Waals surface area contributed by atoms with Gasteiger partial charge in [0.2, 0.25) is 11.1 Å². The summed E-state index contributed by atoms with van der Waals surface area (Å²) >= 11 is 1.34. The van der Waals surface area contributed by atoms with Crippen molar-refractivity contribution >= 4 is 23.5 Å². The van der Waals surface area contributed by atoms with Crippen molar-refractivity contribution in [2.45, 2.75) is 82.6 Å². The minimum absolute atomic E-state index is 0.113. The summed E-state index contributed by atoms with van der Waals surface area (Å²) in [7, 11) is 0. The van der Waals surface area contributed by atoms with Gasteiger partial charge in [-0.1, -0.05) is 31.0 Å². The molecule has 4 rings (SSSR count). The van der Waals surface area contributed by atoms with E-state index in [4.69, 9.17) is 4.74 Å². The van der Waals surface area contributed by atoms with Crippen LogP contribution >= 0.6 is 11.8 Å². The number of thioether (sulfide) groups is 1. The second-order valence-corrected chi connectivity index (χ2v) is 9.27. The van der Waals surface area contributed by atoms with E-state index in [0.717, 1.165) is 43.5 Å². The molecule has 3 heterocycles. The van der Waals surface area contributed by atoms with Crippen LogP contribution in [0.4, 0.5) is 5.82 Å². The predicted octanol–water partition coefficient (Wildman–Crippen LogP) is 3.38. The molecule has 2 aromatic heterocycles. The largest absolute Gasteiger partial charge is 0.376 e. The average Bonchev–Trinajstić information content (AvgIpc) is 3.51. The number of hydrogen-bond acceptors (Lipinski definition) is 7. The van der Waals surface area contributed by atoms with Crippen molar-refractivity contribution < 1.29 is 9.53 Å². The summed E-state index contributed by atoms with van der Waals surface area (Å²) in [6.45, 7) is 5.30. The summed E-state index contributed by atoms with van der Waals surface area (Å²) in [6.07, 6.45) is 7.93. The molecule has 0 radical (unpaired) electrons. The number of amides is 1. The first-order chi connectivity index (χ1) is 15.1. The van der Waals surface area contributed by atoms with Crippen molar-refractivity contribution in [1.82, 2.24) is 24.8 Å². The number of nitriles is 1. The quantitative estimate of drug-likeness (QED) is 0.653. The Hall–Kier alpha value is -2.38. The number of nitrogens with one attached hydrogen (secondary N) is 1. The maximum atomic E-state index is 12.8. The van der Waals surface area contributed by atoms with Crippen molar-refractivity contribution in [2.75, 3.05) is 17.7 Å². The third-order valence-electron chi connectivity index (χ3n) is 6.32. The Bertz CT molecular complexity index is 965. The summed E-state index contributed by atoms with van der Waals surface area (Å²) in [5.41, 5.74) is 2.39. The van der Waals surface area contributed by atoms with Gasteiger partial charge in [-0.25, -0.2) is 4.68 Å². The van der Waals surface area contributed by atoms with Gasteiger partial charge in [0.25, 0.3) is 0 Å². The fraction of sp³-hybridized carbons (Fsp3) is 0.667. The van der Waals surface area contributed by atoms with E-state index in [2.05, 4.69) is 26.9 Å². The Morgan fingerprint density at radius 2 is 2.06 bits per heavy atom. The number of carbonyl (C=O) groups is 1. The van der Waals surface area contributed by atoms with Gasteiger partial charge in [0.05, 0.1) is 30.0 Å². The molecule has 0 bridgehead atoms. The van der Waals surface area contributed by atoms with Crippen molar-refractivity contribution in [3.05, 3.63) is 16.8 Å². The molecule has 1 atom stereocenters. The van der Waals surface area contributed by atoms with E-state index in [1.54, 1.807) is 0 Å². The number of hydrogen-bond donors (Lipinski definition) is 1. The molecular formula is C21H29N7O2S. The van der Waals surface area contributed by atoms with E-state index in [-0.39, 0.29) is 17.8 Å². The van der Waals surface area contributed by atoms with Crippen LogP contribution < -0.4 is 5.32 Å². The number of aromatic nitrogens is 5. The van der Waals surface area contributed by atoms with Gasteiger partial charge in [0.1, 0.15) is 11.9 Å². The van der Waals surface area contributed by atoms with Crippen LogP contribution in [0.3, 0.4) is 0 Å². The van der Waals surface area contributed by atoms with E-state index in [1.807, 2.05) is 23.1 Å². The summed E-state index contributed by atoms with van der Waals surface area (Å²) in [4.78, 5) is 12.8. The number of ether oxygens (including phenoxy) is 1. The lowest BCUT2D eigenvalue weighted by Crippen LogP contribution is -2.22. The van der Waals surface area contributed by atoms with Crippen LogP contribution in [0, 0.1) is 25.2 Å². The number of nitrogens with zero attached hydrogens (tertiary/aromatic N) is 6. The Morgan fingerprint density at radius 1 is 1.26 bits per heavy atom. The average molecular weight is 444 g/mol. The van der Waals surface area contributed by atoms with E-state index in [9.17, 15) is 10.1 Å². The Balaban J connectivity index is 1.45. The number of anilines is 1. The van der Waals surface area contributed by atoms with Gasteiger partial charge in [-0.05, 0) is 55.5 Å². The zero-order valence-corrected chi connectivity index (χ0v) is 19.0. The highest BCUT2D eigenvalue weighted by Gasteiger charge is 2.25. The molecule has 0 spiro atoms. The SMILES string of the molecule is Cc1c(C#N)c(NC(=O)CSc2nnnn2C2CCCCC2)n(CC2CCCO2)c1C. The lowest BCUT2D eigenvalue weighted by molar-refractivity contribution is -0.113.